The van der Waals surface area contributed by atoms with Crippen LogP contribution in [0.3, 0.4) is 0 Å². The monoisotopic (exact) mass is 275 g/mol. The molecule has 19 heavy (non-hydrogen) atoms. The third-order valence-electron chi connectivity index (χ3n) is 3.57. The lowest BCUT2D eigenvalue weighted by atomic mass is 9.78. The van der Waals surface area contributed by atoms with Gasteiger partial charge >= 0.3 is 0 Å². The van der Waals surface area contributed by atoms with Crippen molar-refractivity contribution in [2.24, 2.45) is 0 Å². The smallest absolute Gasteiger partial charge is 0.222 e. The average molecular weight is 276 g/mol. The Kier molecular flexibility index (Phi) is 4.05. The zero-order valence-electron chi connectivity index (χ0n) is 11.4. The van der Waals surface area contributed by atoms with Crippen molar-refractivity contribution in [3.8, 4) is 0 Å². The highest BCUT2D eigenvalue weighted by atomic mass is 35.5. The van der Waals surface area contributed by atoms with Gasteiger partial charge in [-0.05, 0) is 12.5 Å². The number of hydrogen-bond donors (Lipinski definition) is 1. The summed E-state index contributed by atoms with van der Waals surface area (Å²) >= 11 is 5.78. The molecule has 0 fully saturated rings. The molecule has 1 aromatic heterocycles. The number of anilines is 1. The molecule has 1 N–H and O–H groups in total. The Labute approximate surface area is 119 Å². The predicted molar refractivity (Wildman–Crippen MR) is 79.6 cm³/mol. The van der Waals surface area contributed by atoms with E-state index < -0.39 is 0 Å². The van der Waals surface area contributed by atoms with Gasteiger partial charge < -0.3 is 5.32 Å². The summed E-state index contributed by atoms with van der Waals surface area (Å²) in [6, 6.07) is 10.6. The number of nitrogens with zero attached hydrogens (tertiary/aromatic N) is 2. The molecule has 0 bridgehead atoms. The van der Waals surface area contributed by atoms with Gasteiger partial charge in [0.05, 0.1) is 17.4 Å². The SMILES string of the molecule is CC(Nc1ncc(Cl)cn1)C(C)(C)c1ccccc1. The Bertz CT molecular complexity index is 523. The number of aromatic nitrogens is 2. The molecule has 4 heteroatoms. The summed E-state index contributed by atoms with van der Waals surface area (Å²) in [5, 5.41) is 3.87. The molecule has 0 saturated heterocycles. The molecule has 0 radical (unpaired) electrons. The largest absolute Gasteiger partial charge is 0.351 e. The van der Waals surface area contributed by atoms with Gasteiger partial charge in [-0.1, -0.05) is 55.8 Å². The van der Waals surface area contributed by atoms with Gasteiger partial charge in [-0.2, -0.15) is 0 Å². The van der Waals surface area contributed by atoms with Crippen LogP contribution in [0.15, 0.2) is 42.7 Å². The third kappa shape index (κ3) is 3.24. The van der Waals surface area contributed by atoms with Crippen LogP contribution in [0, 0.1) is 0 Å². The Morgan fingerprint density at radius 1 is 1.11 bits per heavy atom. The van der Waals surface area contributed by atoms with E-state index in [1.54, 1.807) is 12.4 Å². The highest BCUT2D eigenvalue weighted by molar-refractivity contribution is 6.30. The average Bonchev–Trinajstić information content (AvgIpc) is 2.42. The van der Waals surface area contributed by atoms with Crippen molar-refractivity contribution in [2.45, 2.75) is 32.2 Å². The summed E-state index contributed by atoms with van der Waals surface area (Å²) in [5.41, 5.74) is 1.26. The summed E-state index contributed by atoms with van der Waals surface area (Å²) < 4.78 is 0. The van der Waals surface area contributed by atoms with Crippen molar-refractivity contribution in [1.82, 2.24) is 9.97 Å². The predicted octanol–water partition coefficient (Wildman–Crippen LogP) is 3.91. The van der Waals surface area contributed by atoms with E-state index in [4.69, 9.17) is 11.6 Å². The van der Waals surface area contributed by atoms with Crippen LogP contribution >= 0.6 is 11.6 Å². The van der Waals surface area contributed by atoms with E-state index in [0.717, 1.165) is 0 Å². The lowest BCUT2D eigenvalue weighted by Crippen LogP contribution is -2.37. The molecule has 100 valence electrons. The van der Waals surface area contributed by atoms with E-state index in [2.05, 4.69) is 60.3 Å². The minimum atomic E-state index is -0.0236. The van der Waals surface area contributed by atoms with E-state index in [-0.39, 0.29) is 11.5 Å². The van der Waals surface area contributed by atoms with Gasteiger partial charge in [-0.15, -0.1) is 0 Å². The van der Waals surface area contributed by atoms with Crippen molar-refractivity contribution >= 4 is 17.5 Å². The van der Waals surface area contributed by atoms with Gasteiger partial charge in [-0.3, -0.25) is 0 Å². The number of hydrogen-bond acceptors (Lipinski definition) is 3. The second kappa shape index (κ2) is 5.57. The van der Waals surface area contributed by atoms with Crippen molar-refractivity contribution in [2.75, 3.05) is 5.32 Å². The van der Waals surface area contributed by atoms with Crippen LogP contribution in [0.4, 0.5) is 5.95 Å². The maximum absolute atomic E-state index is 5.78. The first-order valence-electron chi connectivity index (χ1n) is 6.30. The normalized spacial score (nSPS) is 13.1. The Morgan fingerprint density at radius 3 is 2.26 bits per heavy atom. The molecule has 1 aromatic carbocycles. The Hall–Kier alpha value is -1.61. The van der Waals surface area contributed by atoms with E-state index in [1.807, 2.05) is 6.07 Å². The van der Waals surface area contributed by atoms with Gasteiger partial charge in [-0.25, -0.2) is 9.97 Å². The van der Waals surface area contributed by atoms with Crippen LogP contribution < -0.4 is 5.32 Å². The second-order valence-corrected chi connectivity index (χ2v) is 5.62. The summed E-state index contributed by atoms with van der Waals surface area (Å²) in [7, 11) is 0. The molecule has 0 spiro atoms. The number of rotatable bonds is 4. The number of benzene rings is 1. The quantitative estimate of drug-likeness (QED) is 0.919. The molecular weight excluding hydrogens is 258 g/mol. The summed E-state index contributed by atoms with van der Waals surface area (Å²) in [5.74, 6) is 0.598. The van der Waals surface area contributed by atoms with Crippen molar-refractivity contribution in [1.29, 1.82) is 0 Å². The molecule has 1 unspecified atom stereocenters. The van der Waals surface area contributed by atoms with E-state index in [9.17, 15) is 0 Å². The van der Waals surface area contributed by atoms with Crippen LogP contribution in [0.2, 0.25) is 5.02 Å². The minimum absolute atomic E-state index is 0.0236. The van der Waals surface area contributed by atoms with E-state index in [1.165, 1.54) is 5.56 Å². The molecular formula is C15H18ClN3. The molecule has 0 aliphatic carbocycles. The van der Waals surface area contributed by atoms with Crippen LogP contribution in [-0.2, 0) is 5.41 Å². The highest BCUT2D eigenvalue weighted by Gasteiger charge is 2.28. The molecule has 1 atom stereocenters. The fourth-order valence-corrected chi connectivity index (χ4v) is 1.98. The van der Waals surface area contributed by atoms with Crippen LogP contribution in [0.1, 0.15) is 26.3 Å². The number of halogens is 1. The van der Waals surface area contributed by atoms with Crippen molar-refractivity contribution in [3.63, 3.8) is 0 Å². The second-order valence-electron chi connectivity index (χ2n) is 5.18. The van der Waals surface area contributed by atoms with Crippen molar-refractivity contribution in [3.05, 3.63) is 53.3 Å². The zero-order valence-corrected chi connectivity index (χ0v) is 12.1. The maximum Gasteiger partial charge on any atom is 0.222 e. The van der Waals surface area contributed by atoms with E-state index >= 15 is 0 Å². The minimum Gasteiger partial charge on any atom is -0.351 e. The fraction of sp³-hybridized carbons (Fsp3) is 0.333. The maximum atomic E-state index is 5.78. The van der Waals surface area contributed by atoms with Gasteiger partial charge in [0.1, 0.15) is 0 Å². The highest BCUT2D eigenvalue weighted by Crippen LogP contribution is 2.28. The Balaban J connectivity index is 2.15. The fourth-order valence-electron chi connectivity index (χ4n) is 1.88. The zero-order chi connectivity index (χ0) is 13.9. The first-order valence-corrected chi connectivity index (χ1v) is 6.67. The molecule has 0 aliphatic rings. The molecule has 2 aromatic rings. The molecule has 3 nitrogen and oxygen atoms in total. The first-order chi connectivity index (χ1) is 9.00. The van der Waals surface area contributed by atoms with Gasteiger partial charge in [0.2, 0.25) is 5.95 Å². The standard InChI is InChI=1S/C15H18ClN3/c1-11(19-14-17-9-13(16)10-18-14)15(2,3)12-7-5-4-6-8-12/h4-11H,1-3H3,(H,17,18,19). The molecule has 0 saturated carbocycles. The van der Waals surface area contributed by atoms with Crippen LogP contribution in [0.25, 0.3) is 0 Å². The topological polar surface area (TPSA) is 37.8 Å². The van der Waals surface area contributed by atoms with Gasteiger partial charge in [0.25, 0.3) is 0 Å². The lowest BCUT2D eigenvalue weighted by molar-refractivity contribution is 0.456. The third-order valence-corrected chi connectivity index (χ3v) is 3.76. The van der Waals surface area contributed by atoms with Crippen molar-refractivity contribution < 1.29 is 0 Å². The van der Waals surface area contributed by atoms with Gasteiger partial charge in [0, 0.05) is 11.5 Å². The summed E-state index contributed by atoms with van der Waals surface area (Å²) in [6.45, 7) is 6.54. The van der Waals surface area contributed by atoms with E-state index in [0.29, 0.717) is 11.0 Å². The molecule has 1 heterocycles. The lowest BCUT2D eigenvalue weighted by Gasteiger charge is -2.33. The summed E-state index contributed by atoms with van der Waals surface area (Å²) in [6.07, 6.45) is 3.19. The van der Waals surface area contributed by atoms with Gasteiger partial charge in [0.15, 0.2) is 0 Å². The van der Waals surface area contributed by atoms with Crippen LogP contribution in [-0.4, -0.2) is 16.0 Å². The Morgan fingerprint density at radius 2 is 1.68 bits per heavy atom. The number of nitrogens with one attached hydrogen (secondary N) is 1. The summed E-state index contributed by atoms with van der Waals surface area (Å²) in [4.78, 5) is 8.34. The molecule has 0 aliphatic heterocycles. The molecule has 0 amide bonds. The molecule has 2 rings (SSSR count). The van der Waals surface area contributed by atoms with Crippen LogP contribution in [0.5, 0.6) is 0 Å². The first kappa shape index (κ1) is 13.8.